The molecule has 0 radical (unpaired) electrons. The minimum atomic E-state index is 0.0191. The predicted molar refractivity (Wildman–Crippen MR) is 70.4 cm³/mol. The number of nitrogens with one attached hydrogen (secondary N) is 1. The third-order valence-electron chi connectivity index (χ3n) is 3.06. The highest BCUT2D eigenvalue weighted by molar-refractivity contribution is 5.76. The molecule has 5 heteroatoms. The van der Waals surface area contributed by atoms with Crippen molar-refractivity contribution in [2.75, 3.05) is 32.7 Å². The summed E-state index contributed by atoms with van der Waals surface area (Å²) in [6.45, 7) is 9.94. The molecule has 0 aliphatic carbocycles. The Morgan fingerprint density at radius 2 is 1.89 bits per heavy atom. The summed E-state index contributed by atoms with van der Waals surface area (Å²) in [5.41, 5.74) is 3.25. The van der Waals surface area contributed by atoms with Gasteiger partial charge in [0.05, 0.1) is 12.0 Å². The largest absolute Gasteiger partial charge is 0.340 e. The van der Waals surface area contributed by atoms with E-state index in [0.29, 0.717) is 18.9 Å². The number of hydrogen-bond acceptors (Lipinski definition) is 4. The van der Waals surface area contributed by atoms with Crippen molar-refractivity contribution < 1.29 is 4.79 Å². The van der Waals surface area contributed by atoms with Gasteiger partial charge in [0, 0.05) is 39.1 Å². The molecular formula is C13H24N4O. The summed E-state index contributed by atoms with van der Waals surface area (Å²) in [7, 11) is 0. The molecule has 0 aromatic heterocycles. The second-order valence-corrected chi connectivity index (χ2v) is 5.36. The van der Waals surface area contributed by atoms with Crippen LogP contribution < -0.4 is 5.43 Å². The number of amides is 1. The van der Waals surface area contributed by atoms with Gasteiger partial charge in [0.15, 0.2) is 0 Å². The van der Waals surface area contributed by atoms with Crippen LogP contribution in [0.2, 0.25) is 0 Å². The summed E-state index contributed by atoms with van der Waals surface area (Å²) >= 11 is 0. The van der Waals surface area contributed by atoms with Crippen molar-refractivity contribution in [2.45, 2.75) is 27.2 Å². The van der Waals surface area contributed by atoms with Crippen LogP contribution in [0.25, 0.3) is 0 Å². The number of carbonyl (C=O) groups excluding carboxylic acids is 1. The Morgan fingerprint density at radius 3 is 2.39 bits per heavy atom. The van der Waals surface area contributed by atoms with Crippen LogP contribution in [0.5, 0.6) is 0 Å². The highest BCUT2D eigenvalue weighted by atomic mass is 16.2. The fourth-order valence-corrected chi connectivity index (χ4v) is 1.90. The molecule has 1 fully saturated rings. The average molecular weight is 252 g/mol. The molecule has 0 aromatic rings. The van der Waals surface area contributed by atoms with Crippen LogP contribution in [0.3, 0.4) is 0 Å². The zero-order chi connectivity index (χ0) is 13.5. The molecule has 1 rings (SSSR count). The van der Waals surface area contributed by atoms with E-state index < -0.39 is 0 Å². The van der Waals surface area contributed by atoms with E-state index in [2.05, 4.69) is 30.4 Å². The summed E-state index contributed by atoms with van der Waals surface area (Å²) < 4.78 is 0. The van der Waals surface area contributed by atoms with Crippen molar-refractivity contribution in [3.63, 3.8) is 0 Å². The average Bonchev–Trinajstić information content (AvgIpc) is 2.35. The second-order valence-electron chi connectivity index (χ2n) is 5.36. The first-order valence-corrected chi connectivity index (χ1v) is 6.68. The fourth-order valence-electron chi connectivity index (χ4n) is 1.90. The molecule has 0 spiro atoms. The van der Waals surface area contributed by atoms with Crippen LogP contribution in [-0.2, 0) is 4.79 Å². The summed E-state index contributed by atoms with van der Waals surface area (Å²) in [4.78, 5) is 13.8. The molecule has 1 amide bonds. The Labute approximate surface area is 110 Å². The molecule has 1 atom stereocenters. The molecule has 1 heterocycles. The zero-order valence-corrected chi connectivity index (χ0v) is 11.6. The summed E-state index contributed by atoms with van der Waals surface area (Å²) in [6.07, 6.45) is 0.638. The van der Waals surface area contributed by atoms with Crippen LogP contribution in [0.1, 0.15) is 27.2 Å². The molecule has 5 nitrogen and oxygen atoms in total. The van der Waals surface area contributed by atoms with Crippen molar-refractivity contribution in [1.29, 1.82) is 5.26 Å². The number of rotatable bonds is 5. The molecule has 0 aromatic carbocycles. The van der Waals surface area contributed by atoms with Gasteiger partial charge in [-0.3, -0.25) is 10.2 Å². The molecule has 1 aliphatic heterocycles. The molecular weight excluding hydrogens is 228 g/mol. The van der Waals surface area contributed by atoms with Gasteiger partial charge < -0.3 is 4.90 Å². The van der Waals surface area contributed by atoms with Gasteiger partial charge in [-0.25, -0.2) is 5.01 Å². The first-order valence-electron chi connectivity index (χ1n) is 6.68. The van der Waals surface area contributed by atoms with Gasteiger partial charge in [-0.05, 0) is 12.8 Å². The topological polar surface area (TPSA) is 59.4 Å². The molecule has 0 saturated carbocycles. The van der Waals surface area contributed by atoms with E-state index >= 15 is 0 Å². The number of nitrogens with zero attached hydrogens (tertiary/aromatic N) is 3. The Hall–Kier alpha value is -1.12. The molecule has 1 unspecified atom stereocenters. The first kappa shape index (κ1) is 14.9. The van der Waals surface area contributed by atoms with E-state index in [1.54, 1.807) is 0 Å². The smallest absolute Gasteiger partial charge is 0.222 e. The fraction of sp³-hybridized carbons (Fsp3) is 0.846. The highest BCUT2D eigenvalue weighted by Gasteiger charge is 2.21. The molecule has 18 heavy (non-hydrogen) atoms. The maximum atomic E-state index is 11.9. The Balaban J connectivity index is 2.24. The maximum absolute atomic E-state index is 11.9. The second kappa shape index (κ2) is 7.34. The molecule has 102 valence electrons. The standard InChI is InChI=1S/C13H24N4O/c1-11(2)8-13(18)16-4-6-17(7-5-16)15-10-12(3)9-14/h11-12,15H,4-8,10H2,1-3H3. The Morgan fingerprint density at radius 1 is 1.28 bits per heavy atom. The lowest BCUT2D eigenvalue weighted by molar-refractivity contribution is -0.134. The van der Waals surface area contributed by atoms with E-state index in [0.717, 1.165) is 26.2 Å². The summed E-state index contributed by atoms with van der Waals surface area (Å²) in [5.74, 6) is 0.700. The minimum Gasteiger partial charge on any atom is -0.340 e. The minimum absolute atomic E-state index is 0.0191. The third-order valence-corrected chi connectivity index (χ3v) is 3.06. The van der Waals surface area contributed by atoms with Gasteiger partial charge in [0.2, 0.25) is 5.91 Å². The van der Waals surface area contributed by atoms with Crippen LogP contribution in [0, 0.1) is 23.2 Å². The van der Waals surface area contributed by atoms with Crippen molar-refractivity contribution >= 4 is 5.91 Å². The van der Waals surface area contributed by atoms with Gasteiger partial charge in [0.1, 0.15) is 0 Å². The van der Waals surface area contributed by atoms with Crippen LogP contribution in [0.4, 0.5) is 0 Å². The van der Waals surface area contributed by atoms with E-state index in [1.165, 1.54) is 0 Å². The number of carbonyl (C=O) groups is 1. The lowest BCUT2D eigenvalue weighted by atomic mass is 10.1. The van der Waals surface area contributed by atoms with Crippen molar-refractivity contribution in [2.24, 2.45) is 11.8 Å². The van der Waals surface area contributed by atoms with Gasteiger partial charge >= 0.3 is 0 Å². The number of hydrazine groups is 1. The summed E-state index contributed by atoms with van der Waals surface area (Å²) in [6, 6.07) is 2.20. The van der Waals surface area contributed by atoms with Gasteiger partial charge in [-0.1, -0.05) is 13.8 Å². The Bertz CT molecular complexity index is 303. The van der Waals surface area contributed by atoms with Crippen molar-refractivity contribution in [3.05, 3.63) is 0 Å². The number of hydrogen-bond donors (Lipinski definition) is 1. The zero-order valence-electron chi connectivity index (χ0n) is 11.6. The monoisotopic (exact) mass is 252 g/mol. The van der Waals surface area contributed by atoms with E-state index in [9.17, 15) is 4.79 Å². The first-order chi connectivity index (χ1) is 8.52. The van der Waals surface area contributed by atoms with Crippen molar-refractivity contribution in [3.8, 4) is 6.07 Å². The molecule has 1 saturated heterocycles. The number of nitriles is 1. The van der Waals surface area contributed by atoms with Gasteiger partial charge in [0.25, 0.3) is 0 Å². The van der Waals surface area contributed by atoms with Crippen LogP contribution in [0.15, 0.2) is 0 Å². The lowest BCUT2D eigenvalue weighted by Gasteiger charge is -2.35. The quantitative estimate of drug-likeness (QED) is 0.788. The SMILES string of the molecule is CC(C)CC(=O)N1CCN(NCC(C)C#N)CC1. The maximum Gasteiger partial charge on any atom is 0.222 e. The van der Waals surface area contributed by atoms with Crippen LogP contribution >= 0.6 is 0 Å². The Kier molecular flexibility index (Phi) is 6.10. The van der Waals surface area contributed by atoms with Crippen LogP contribution in [-0.4, -0.2) is 48.5 Å². The summed E-state index contributed by atoms with van der Waals surface area (Å²) in [5, 5.41) is 10.8. The normalized spacial score (nSPS) is 18.7. The predicted octanol–water partition coefficient (Wildman–Crippen LogP) is 0.841. The highest BCUT2D eigenvalue weighted by Crippen LogP contribution is 2.07. The van der Waals surface area contributed by atoms with Crippen molar-refractivity contribution in [1.82, 2.24) is 15.3 Å². The van der Waals surface area contributed by atoms with E-state index in [4.69, 9.17) is 5.26 Å². The molecule has 1 N–H and O–H groups in total. The third kappa shape index (κ3) is 5.03. The molecule has 0 bridgehead atoms. The number of piperazine rings is 1. The van der Waals surface area contributed by atoms with E-state index in [-0.39, 0.29) is 11.8 Å². The van der Waals surface area contributed by atoms with E-state index in [1.807, 2.05) is 11.8 Å². The van der Waals surface area contributed by atoms with Gasteiger partial charge in [-0.2, -0.15) is 5.26 Å². The van der Waals surface area contributed by atoms with Gasteiger partial charge in [-0.15, -0.1) is 0 Å². The lowest BCUT2D eigenvalue weighted by Crippen LogP contribution is -2.54. The molecule has 1 aliphatic rings.